The van der Waals surface area contributed by atoms with E-state index >= 15 is 0 Å². The van der Waals surface area contributed by atoms with Crippen molar-refractivity contribution in [1.82, 2.24) is 10.3 Å². The van der Waals surface area contributed by atoms with Crippen LogP contribution in [0.2, 0.25) is 0 Å². The molecular formula is C17H19BrN4O2. The van der Waals surface area contributed by atoms with Gasteiger partial charge in [0.25, 0.3) is 0 Å². The van der Waals surface area contributed by atoms with Crippen LogP contribution in [0.15, 0.2) is 33.2 Å². The fourth-order valence-electron chi connectivity index (χ4n) is 2.96. The van der Waals surface area contributed by atoms with E-state index in [0.29, 0.717) is 32.4 Å². The van der Waals surface area contributed by atoms with E-state index in [-0.39, 0.29) is 23.6 Å². The van der Waals surface area contributed by atoms with E-state index < -0.39 is 0 Å². The lowest BCUT2D eigenvalue weighted by molar-refractivity contribution is -0.126. The SMILES string of the molecule is C#CCCC1(CCNC(=O)[C@@H]2CCO[C@H]2c2cncc(Br)c2)N=N1. The molecule has 0 spiro atoms. The number of pyridine rings is 1. The van der Waals surface area contributed by atoms with Gasteiger partial charge in [0.2, 0.25) is 5.91 Å². The van der Waals surface area contributed by atoms with Gasteiger partial charge in [0, 0.05) is 54.8 Å². The van der Waals surface area contributed by atoms with Gasteiger partial charge in [-0.3, -0.25) is 9.78 Å². The number of carbonyl (C=O) groups is 1. The molecule has 1 saturated heterocycles. The predicted molar refractivity (Wildman–Crippen MR) is 92.0 cm³/mol. The number of terminal acetylenes is 1. The Balaban J connectivity index is 1.52. The van der Waals surface area contributed by atoms with Crippen molar-refractivity contribution < 1.29 is 9.53 Å². The lowest BCUT2D eigenvalue weighted by Gasteiger charge is -2.19. The molecule has 126 valence electrons. The van der Waals surface area contributed by atoms with E-state index in [2.05, 4.69) is 42.4 Å². The number of aromatic nitrogens is 1. The van der Waals surface area contributed by atoms with Crippen molar-refractivity contribution in [2.45, 2.75) is 37.5 Å². The minimum atomic E-state index is -0.362. The second-order valence-corrected chi connectivity index (χ2v) is 6.97. The van der Waals surface area contributed by atoms with Crippen molar-refractivity contribution in [3.63, 3.8) is 0 Å². The monoisotopic (exact) mass is 390 g/mol. The number of ether oxygens (including phenoxy) is 1. The molecule has 0 aliphatic carbocycles. The van der Waals surface area contributed by atoms with Gasteiger partial charge < -0.3 is 10.1 Å². The largest absolute Gasteiger partial charge is 0.373 e. The third-order valence-electron chi connectivity index (χ3n) is 4.36. The standard InChI is InChI=1S/C17H19BrN4O2/c1-2-3-5-17(21-22-17)6-7-20-16(23)14-4-8-24-15(14)12-9-13(18)11-19-10-12/h1,9-11,14-15H,3-8H2,(H,20,23)/t14-,15+/m1/s1. The Morgan fingerprint density at radius 3 is 3.00 bits per heavy atom. The maximum absolute atomic E-state index is 12.5. The van der Waals surface area contributed by atoms with Gasteiger partial charge in [0.05, 0.1) is 12.0 Å². The second kappa shape index (κ2) is 7.41. The fraction of sp³-hybridized carbons (Fsp3) is 0.529. The number of halogens is 1. The van der Waals surface area contributed by atoms with Crippen LogP contribution in [0.4, 0.5) is 0 Å². The molecule has 1 amide bonds. The van der Waals surface area contributed by atoms with Crippen molar-refractivity contribution in [2.24, 2.45) is 16.1 Å². The Kier molecular flexibility index (Phi) is 5.27. The van der Waals surface area contributed by atoms with Crippen molar-refractivity contribution >= 4 is 21.8 Å². The maximum Gasteiger partial charge on any atom is 0.226 e. The summed E-state index contributed by atoms with van der Waals surface area (Å²) >= 11 is 3.40. The summed E-state index contributed by atoms with van der Waals surface area (Å²) in [6, 6.07) is 1.94. The van der Waals surface area contributed by atoms with Gasteiger partial charge in [-0.25, -0.2) is 0 Å². The van der Waals surface area contributed by atoms with E-state index in [4.69, 9.17) is 11.2 Å². The first-order valence-corrected chi connectivity index (χ1v) is 8.80. The summed E-state index contributed by atoms with van der Waals surface area (Å²) in [4.78, 5) is 16.7. The van der Waals surface area contributed by atoms with E-state index in [1.54, 1.807) is 12.4 Å². The number of nitrogens with one attached hydrogen (secondary N) is 1. The number of nitrogens with zero attached hydrogens (tertiary/aromatic N) is 3. The Labute approximate surface area is 149 Å². The Morgan fingerprint density at radius 1 is 1.46 bits per heavy atom. The molecule has 2 aliphatic rings. The van der Waals surface area contributed by atoms with E-state index in [0.717, 1.165) is 16.5 Å². The number of hydrogen-bond acceptors (Lipinski definition) is 5. The minimum absolute atomic E-state index is 0.00484. The van der Waals surface area contributed by atoms with Crippen LogP contribution in [0, 0.1) is 18.3 Å². The molecule has 1 aromatic heterocycles. The first-order valence-electron chi connectivity index (χ1n) is 8.01. The zero-order valence-corrected chi connectivity index (χ0v) is 14.8. The van der Waals surface area contributed by atoms with Gasteiger partial charge >= 0.3 is 0 Å². The summed E-state index contributed by atoms with van der Waals surface area (Å²) < 4.78 is 6.64. The molecule has 1 aromatic rings. The highest BCUT2D eigenvalue weighted by atomic mass is 79.9. The van der Waals surface area contributed by atoms with Crippen LogP contribution >= 0.6 is 15.9 Å². The minimum Gasteiger partial charge on any atom is -0.373 e. The van der Waals surface area contributed by atoms with E-state index in [1.165, 1.54) is 0 Å². The van der Waals surface area contributed by atoms with Crippen molar-refractivity contribution in [3.8, 4) is 12.3 Å². The predicted octanol–water partition coefficient (Wildman–Crippen LogP) is 3.00. The van der Waals surface area contributed by atoms with Crippen LogP contribution < -0.4 is 5.32 Å². The quantitative estimate of drug-likeness (QED) is 0.726. The van der Waals surface area contributed by atoms with Crippen molar-refractivity contribution in [3.05, 3.63) is 28.5 Å². The highest BCUT2D eigenvalue weighted by Crippen LogP contribution is 2.37. The average Bonchev–Trinajstić information content (AvgIpc) is 3.16. The summed E-state index contributed by atoms with van der Waals surface area (Å²) in [5.74, 6) is 2.41. The molecule has 1 fully saturated rings. The van der Waals surface area contributed by atoms with Crippen LogP contribution in [-0.2, 0) is 9.53 Å². The molecule has 0 saturated carbocycles. The molecular weight excluding hydrogens is 372 g/mol. The Morgan fingerprint density at radius 2 is 2.29 bits per heavy atom. The van der Waals surface area contributed by atoms with Crippen LogP contribution in [0.3, 0.4) is 0 Å². The summed E-state index contributed by atoms with van der Waals surface area (Å²) in [7, 11) is 0. The highest BCUT2D eigenvalue weighted by molar-refractivity contribution is 9.10. The number of hydrogen-bond donors (Lipinski definition) is 1. The van der Waals surface area contributed by atoms with Gasteiger partial charge in [-0.05, 0) is 28.4 Å². The molecule has 0 unspecified atom stereocenters. The Bertz CT molecular complexity index is 679. The Hall–Kier alpha value is -1.78. The number of rotatable bonds is 7. The normalized spacial score (nSPS) is 23.7. The molecule has 3 heterocycles. The number of carbonyl (C=O) groups excluding carboxylic acids is 1. The van der Waals surface area contributed by atoms with Gasteiger partial charge in [0.15, 0.2) is 5.66 Å². The molecule has 0 bridgehead atoms. The van der Waals surface area contributed by atoms with Crippen molar-refractivity contribution in [1.29, 1.82) is 0 Å². The molecule has 0 radical (unpaired) electrons. The fourth-order valence-corrected chi connectivity index (χ4v) is 3.34. The lowest BCUT2D eigenvalue weighted by Crippen LogP contribution is -2.34. The first kappa shape index (κ1) is 17.1. The molecule has 6 nitrogen and oxygen atoms in total. The van der Waals surface area contributed by atoms with Gasteiger partial charge in [0.1, 0.15) is 0 Å². The van der Waals surface area contributed by atoms with Crippen LogP contribution in [-0.4, -0.2) is 29.7 Å². The lowest BCUT2D eigenvalue weighted by atomic mass is 9.95. The van der Waals surface area contributed by atoms with Gasteiger partial charge in [-0.2, -0.15) is 10.2 Å². The molecule has 0 aromatic carbocycles. The third kappa shape index (κ3) is 4.00. The summed E-state index contributed by atoms with van der Waals surface area (Å²) in [6.07, 6.45) is 11.3. The average molecular weight is 391 g/mol. The zero-order valence-electron chi connectivity index (χ0n) is 13.2. The topological polar surface area (TPSA) is 75.9 Å². The smallest absolute Gasteiger partial charge is 0.226 e. The summed E-state index contributed by atoms with van der Waals surface area (Å²) in [5, 5.41) is 11.1. The zero-order chi connectivity index (χ0) is 17.0. The molecule has 1 N–H and O–H groups in total. The van der Waals surface area contributed by atoms with Crippen molar-refractivity contribution in [2.75, 3.05) is 13.2 Å². The van der Waals surface area contributed by atoms with E-state index in [9.17, 15) is 4.79 Å². The summed E-state index contributed by atoms with van der Waals surface area (Å²) in [6.45, 7) is 1.11. The first-order chi connectivity index (χ1) is 11.6. The molecule has 7 heteroatoms. The third-order valence-corrected chi connectivity index (χ3v) is 4.79. The molecule has 2 atom stereocenters. The van der Waals surface area contributed by atoms with Crippen LogP contribution in [0.1, 0.15) is 37.4 Å². The second-order valence-electron chi connectivity index (χ2n) is 6.05. The number of amides is 1. The highest BCUT2D eigenvalue weighted by Gasteiger charge is 2.40. The molecule has 2 aliphatic heterocycles. The molecule has 24 heavy (non-hydrogen) atoms. The molecule has 3 rings (SSSR count). The van der Waals surface area contributed by atoms with Crippen LogP contribution in [0.5, 0.6) is 0 Å². The maximum atomic E-state index is 12.5. The van der Waals surface area contributed by atoms with Gasteiger partial charge in [-0.15, -0.1) is 12.3 Å². The summed E-state index contributed by atoms with van der Waals surface area (Å²) in [5.41, 5.74) is 0.555. The van der Waals surface area contributed by atoms with Crippen LogP contribution in [0.25, 0.3) is 0 Å². The van der Waals surface area contributed by atoms with Gasteiger partial charge in [-0.1, -0.05) is 0 Å². The van der Waals surface area contributed by atoms with E-state index in [1.807, 2.05) is 6.07 Å².